The number of nitrogens with one attached hydrogen (secondary N) is 1. The van der Waals surface area contributed by atoms with E-state index in [0.717, 1.165) is 43.8 Å². The zero-order chi connectivity index (χ0) is 19.9. The van der Waals surface area contributed by atoms with E-state index < -0.39 is 0 Å². The third kappa shape index (κ3) is 5.74. The average molecular weight is 419 g/mol. The van der Waals surface area contributed by atoms with Crippen LogP contribution < -0.4 is 10.1 Å². The minimum atomic E-state index is -0.0477. The molecule has 1 amide bonds. The van der Waals surface area contributed by atoms with Crippen LogP contribution in [0.3, 0.4) is 0 Å². The smallest absolute Gasteiger partial charge is 0.251 e. The molecule has 4 nitrogen and oxygen atoms in total. The fourth-order valence-electron chi connectivity index (χ4n) is 3.19. The lowest BCUT2D eigenvalue weighted by molar-refractivity contribution is 0.0905. The number of nitrogens with zero attached hydrogens (tertiary/aromatic N) is 1. The first-order valence-corrected chi connectivity index (χ1v) is 10.2. The van der Waals surface area contributed by atoms with Crippen LogP contribution in [0.2, 0.25) is 10.0 Å². The summed E-state index contributed by atoms with van der Waals surface area (Å²) in [7, 11) is 0. The minimum Gasteiger partial charge on any atom is -0.490 e. The fraction of sp³-hybridized carbons (Fsp3) is 0.318. The van der Waals surface area contributed by atoms with Crippen molar-refractivity contribution >= 4 is 35.2 Å². The predicted octanol–water partition coefficient (Wildman–Crippen LogP) is 4.91. The van der Waals surface area contributed by atoms with E-state index >= 15 is 0 Å². The van der Waals surface area contributed by atoms with Crippen LogP contribution in [0.5, 0.6) is 5.75 Å². The van der Waals surface area contributed by atoms with Gasteiger partial charge in [-0.2, -0.15) is 0 Å². The van der Waals surface area contributed by atoms with Crippen molar-refractivity contribution in [3.8, 4) is 5.75 Å². The van der Waals surface area contributed by atoms with Crippen LogP contribution in [0.1, 0.15) is 28.8 Å². The highest BCUT2D eigenvalue weighted by atomic mass is 35.5. The van der Waals surface area contributed by atoms with Gasteiger partial charge in [-0.1, -0.05) is 48.0 Å². The Hall–Kier alpha value is -2.01. The zero-order valence-electron chi connectivity index (χ0n) is 15.7. The molecule has 28 heavy (non-hydrogen) atoms. The molecule has 1 fully saturated rings. The van der Waals surface area contributed by atoms with E-state index in [-0.39, 0.29) is 12.0 Å². The van der Waals surface area contributed by atoms with Gasteiger partial charge in [0.2, 0.25) is 0 Å². The van der Waals surface area contributed by atoms with E-state index in [1.54, 1.807) is 18.2 Å². The van der Waals surface area contributed by atoms with Crippen LogP contribution in [0.25, 0.3) is 6.08 Å². The van der Waals surface area contributed by atoms with Crippen molar-refractivity contribution in [1.82, 2.24) is 10.2 Å². The van der Waals surface area contributed by atoms with Crippen LogP contribution in [0.15, 0.2) is 49.0 Å². The lowest BCUT2D eigenvalue weighted by Crippen LogP contribution is -2.42. The summed E-state index contributed by atoms with van der Waals surface area (Å²) >= 11 is 12.0. The number of likely N-dealkylation sites (tertiary alicyclic amines) is 1. The standard InChI is InChI=1S/C22H24Cl2N2O2/c1-2-16-3-5-17(6-4-16)22(27)25-11-14-26-12-9-18(10-13-26)28-19-7-8-20(23)21(24)15-19/h2-8,15,18H,1,9-14H2,(H,25,27). The third-order valence-corrected chi connectivity index (χ3v) is 5.59. The molecule has 0 aliphatic carbocycles. The Morgan fingerprint density at radius 2 is 1.86 bits per heavy atom. The molecule has 0 bridgehead atoms. The van der Waals surface area contributed by atoms with Crippen LogP contribution in [0, 0.1) is 0 Å². The summed E-state index contributed by atoms with van der Waals surface area (Å²) < 4.78 is 6.01. The van der Waals surface area contributed by atoms with Crippen molar-refractivity contribution in [1.29, 1.82) is 0 Å². The molecule has 1 aliphatic heterocycles. The molecule has 1 heterocycles. The summed E-state index contributed by atoms with van der Waals surface area (Å²) in [6.07, 6.45) is 3.82. The number of carbonyl (C=O) groups is 1. The second-order valence-corrected chi connectivity index (χ2v) is 7.63. The molecule has 0 aromatic heterocycles. The van der Waals surface area contributed by atoms with Gasteiger partial charge in [0.05, 0.1) is 10.0 Å². The molecule has 6 heteroatoms. The number of piperidine rings is 1. The second-order valence-electron chi connectivity index (χ2n) is 6.82. The predicted molar refractivity (Wildman–Crippen MR) is 115 cm³/mol. The molecular weight excluding hydrogens is 395 g/mol. The molecule has 2 aromatic carbocycles. The van der Waals surface area contributed by atoms with Gasteiger partial charge in [-0.05, 0) is 42.7 Å². The van der Waals surface area contributed by atoms with Crippen molar-refractivity contribution in [2.24, 2.45) is 0 Å². The molecule has 1 saturated heterocycles. The van der Waals surface area contributed by atoms with Crippen molar-refractivity contribution in [3.63, 3.8) is 0 Å². The number of hydrogen-bond donors (Lipinski definition) is 1. The number of ether oxygens (including phenoxy) is 1. The van der Waals surface area contributed by atoms with Crippen molar-refractivity contribution in [3.05, 3.63) is 70.2 Å². The van der Waals surface area contributed by atoms with Gasteiger partial charge in [0.1, 0.15) is 11.9 Å². The Morgan fingerprint density at radius 3 is 2.50 bits per heavy atom. The van der Waals surface area contributed by atoms with Crippen molar-refractivity contribution in [2.75, 3.05) is 26.2 Å². The van der Waals surface area contributed by atoms with E-state index in [0.29, 0.717) is 22.2 Å². The quantitative estimate of drug-likeness (QED) is 0.694. The largest absolute Gasteiger partial charge is 0.490 e. The highest BCUT2D eigenvalue weighted by Gasteiger charge is 2.20. The minimum absolute atomic E-state index is 0.0477. The Balaban J connectivity index is 1.37. The molecule has 2 aromatic rings. The fourth-order valence-corrected chi connectivity index (χ4v) is 3.48. The van der Waals surface area contributed by atoms with E-state index in [1.165, 1.54) is 0 Å². The number of carbonyl (C=O) groups excluding carboxylic acids is 1. The summed E-state index contributed by atoms with van der Waals surface area (Å²) in [6, 6.07) is 12.8. The molecular formula is C22H24Cl2N2O2. The molecule has 0 atom stereocenters. The first-order valence-electron chi connectivity index (χ1n) is 9.40. The van der Waals surface area contributed by atoms with Crippen LogP contribution in [-0.4, -0.2) is 43.1 Å². The molecule has 1 N–H and O–H groups in total. The Labute approximate surface area is 176 Å². The monoisotopic (exact) mass is 418 g/mol. The second kappa shape index (κ2) is 9.97. The highest BCUT2D eigenvalue weighted by molar-refractivity contribution is 6.42. The van der Waals surface area contributed by atoms with Gasteiger partial charge in [0.25, 0.3) is 5.91 Å². The first-order chi connectivity index (χ1) is 13.5. The highest BCUT2D eigenvalue weighted by Crippen LogP contribution is 2.28. The van der Waals surface area contributed by atoms with Gasteiger partial charge in [0, 0.05) is 37.8 Å². The Kier molecular flexibility index (Phi) is 7.37. The van der Waals surface area contributed by atoms with E-state index in [2.05, 4.69) is 16.8 Å². The first kappa shape index (κ1) is 20.7. The maximum absolute atomic E-state index is 12.2. The third-order valence-electron chi connectivity index (χ3n) is 4.85. The molecule has 0 radical (unpaired) electrons. The van der Waals surface area contributed by atoms with Gasteiger partial charge in [-0.25, -0.2) is 0 Å². The summed E-state index contributed by atoms with van der Waals surface area (Å²) in [6.45, 7) is 7.05. The summed E-state index contributed by atoms with van der Waals surface area (Å²) in [5.74, 6) is 0.705. The lowest BCUT2D eigenvalue weighted by atomic mass is 10.1. The number of rotatable bonds is 7. The molecule has 148 valence electrons. The van der Waals surface area contributed by atoms with E-state index in [4.69, 9.17) is 27.9 Å². The van der Waals surface area contributed by atoms with Crippen molar-refractivity contribution < 1.29 is 9.53 Å². The van der Waals surface area contributed by atoms with Crippen LogP contribution in [0.4, 0.5) is 0 Å². The summed E-state index contributed by atoms with van der Waals surface area (Å²) in [5, 5.41) is 4.02. The molecule has 0 unspecified atom stereocenters. The topological polar surface area (TPSA) is 41.6 Å². The number of hydrogen-bond acceptors (Lipinski definition) is 3. The van der Waals surface area contributed by atoms with Gasteiger partial charge < -0.3 is 15.0 Å². The number of halogens is 2. The summed E-state index contributed by atoms with van der Waals surface area (Å²) in [4.78, 5) is 14.5. The van der Waals surface area contributed by atoms with E-state index in [1.807, 2.05) is 30.3 Å². The van der Waals surface area contributed by atoms with Gasteiger partial charge in [-0.15, -0.1) is 0 Å². The average Bonchev–Trinajstić information content (AvgIpc) is 2.72. The Bertz CT molecular complexity index is 816. The van der Waals surface area contributed by atoms with Crippen LogP contribution >= 0.6 is 23.2 Å². The van der Waals surface area contributed by atoms with Gasteiger partial charge in [-0.3, -0.25) is 4.79 Å². The van der Waals surface area contributed by atoms with Gasteiger partial charge in [0.15, 0.2) is 0 Å². The molecule has 1 aliphatic rings. The number of amides is 1. The maximum atomic E-state index is 12.2. The van der Waals surface area contributed by atoms with Crippen molar-refractivity contribution in [2.45, 2.75) is 18.9 Å². The van der Waals surface area contributed by atoms with Gasteiger partial charge >= 0.3 is 0 Å². The van der Waals surface area contributed by atoms with Crippen LogP contribution in [-0.2, 0) is 0 Å². The van der Waals surface area contributed by atoms with E-state index in [9.17, 15) is 4.79 Å². The molecule has 0 saturated carbocycles. The number of benzene rings is 2. The normalized spacial score (nSPS) is 15.2. The lowest BCUT2D eigenvalue weighted by Gasteiger charge is -2.32. The molecule has 3 rings (SSSR count). The SMILES string of the molecule is C=Cc1ccc(C(=O)NCCN2CCC(Oc3ccc(Cl)c(Cl)c3)CC2)cc1. The zero-order valence-corrected chi connectivity index (χ0v) is 17.2. The maximum Gasteiger partial charge on any atom is 0.251 e. The summed E-state index contributed by atoms with van der Waals surface area (Å²) in [5.41, 5.74) is 1.67. The molecule has 0 spiro atoms. The Morgan fingerprint density at radius 1 is 1.14 bits per heavy atom.